The second kappa shape index (κ2) is 9.46. The van der Waals surface area contributed by atoms with E-state index in [1.807, 2.05) is 34.7 Å². The maximum atomic E-state index is 13.0. The van der Waals surface area contributed by atoms with Gasteiger partial charge >= 0.3 is 0 Å². The third kappa shape index (κ3) is 4.19. The van der Waals surface area contributed by atoms with Crippen LogP contribution in [-0.4, -0.2) is 54.7 Å². The van der Waals surface area contributed by atoms with E-state index in [0.717, 1.165) is 29.1 Å². The lowest BCUT2D eigenvalue weighted by Crippen LogP contribution is -2.36. The van der Waals surface area contributed by atoms with Crippen LogP contribution in [0.2, 0.25) is 0 Å². The molecule has 0 bridgehead atoms. The van der Waals surface area contributed by atoms with E-state index in [9.17, 15) is 9.59 Å². The number of nitrogens with one attached hydrogen (secondary N) is 1. The van der Waals surface area contributed by atoms with Crippen molar-refractivity contribution in [3.05, 3.63) is 52.2 Å². The van der Waals surface area contributed by atoms with Crippen molar-refractivity contribution in [3.8, 4) is 0 Å². The van der Waals surface area contributed by atoms with Crippen molar-refractivity contribution in [2.75, 3.05) is 44.3 Å². The van der Waals surface area contributed by atoms with Gasteiger partial charge in [0.2, 0.25) is 5.43 Å². The number of hydrogen-bond acceptors (Lipinski definition) is 7. The number of rotatable bonds is 2. The molecule has 0 radical (unpaired) electrons. The maximum Gasteiger partial charge on any atom is 0.255 e. The normalized spacial score (nSPS) is 16.7. The molecule has 0 atom stereocenters. The van der Waals surface area contributed by atoms with E-state index in [2.05, 4.69) is 10.2 Å². The lowest BCUT2D eigenvalue weighted by molar-refractivity contribution is 0.100. The molecule has 2 saturated heterocycles. The van der Waals surface area contributed by atoms with Crippen LogP contribution in [-0.2, 0) is 4.74 Å². The second-order valence-electron chi connectivity index (χ2n) is 8.23. The predicted octanol–water partition coefficient (Wildman–Crippen LogP) is 2.76. The van der Waals surface area contributed by atoms with Gasteiger partial charge in [0.25, 0.3) is 5.91 Å². The molecule has 9 heteroatoms. The first kappa shape index (κ1) is 21.8. The fourth-order valence-corrected chi connectivity index (χ4v) is 5.56. The number of benzene rings is 1. The minimum atomic E-state index is -0.719. The van der Waals surface area contributed by atoms with E-state index in [4.69, 9.17) is 15.5 Å². The van der Waals surface area contributed by atoms with E-state index in [1.54, 1.807) is 6.07 Å². The summed E-state index contributed by atoms with van der Waals surface area (Å²) in [6.45, 7) is 5.30. The second-order valence-corrected chi connectivity index (χ2v) is 9.26. The molecule has 5 heterocycles. The molecule has 2 fully saturated rings. The molecule has 0 saturated carbocycles. The van der Waals surface area contributed by atoms with Gasteiger partial charge in [-0.3, -0.25) is 14.0 Å². The molecule has 3 N–H and O–H groups in total. The molecule has 8 nitrogen and oxygen atoms in total. The molecule has 3 aromatic heterocycles. The Morgan fingerprint density at radius 3 is 2.48 bits per heavy atom. The van der Waals surface area contributed by atoms with Crippen molar-refractivity contribution in [3.63, 3.8) is 0 Å². The molecule has 0 spiro atoms. The standard InChI is InChI=1S/C19H16N4O3S.C5H11N/c20-17(25)15-16(24)11-5-6-14(22-7-9-26-10-8-22)21-18(11)23-12-3-1-2-4-13(12)27-19(15)23;1-2-4-6-5-3-1/h1-6H,7-10H2,(H2,20,25);6H,1-5H2. The molecule has 2 aliphatic rings. The highest BCUT2D eigenvalue weighted by atomic mass is 32.1. The summed E-state index contributed by atoms with van der Waals surface area (Å²) in [6, 6.07) is 11.3. The smallest absolute Gasteiger partial charge is 0.255 e. The number of anilines is 1. The highest BCUT2D eigenvalue weighted by Crippen LogP contribution is 2.31. The van der Waals surface area contributed by atoms with Gasteiger partial charge in [-0.25, -0.2) is 4.98 Å². The summed E-state index contributed by atoms with van der Waals surface area (Å²) in [4.78, 5) is 32.5. The summed E-state index contributed by atoms with van der Waals surface area (Å²) >= 11 is 1.38. The van der Waals surface area contributed by atoms with E-state index < -0.39 is 5.91 Å². The predicted molar refractivity (Wildman–Crippen MR) is 133 cm³/mol. The zero-order valence-corrected chi connectivity index (χ0v) is 19.2. The molecule has 2 aliphatic heterocycles. The van der Waals surface area contributed by atoms with Crippen molar-refractivity contribution >= 4 is 49.1 Å². The number of morpholine rings is 1. The van der Waals surface area contributed by atoms with E-state index in [0.29, 0.717) is 29.1 Å². The van der Waals surface area contributed by atoms with E-state index >= 15 is 0 Å². The SMILES string of the molecule is C1CCNCC1.NC(=O)c1c(=O)c2ccc(N3CCOCC3)nc2n2c1sc1ccccc12. The zero-order chi connectivity index (χ0) is 22.8. The zero-order valence-electron chi connectivity index (χ0n) is 18.4. The Balaban J connectivity index is 0.000000332. The summed E-state index contributed by atoms with van der Waals surface area (Å²) in [5.41, 5.74) is 6.64. The number of fused-ring (bicyclic) bond motifs is 5. The number of primary amides is 1. The largest absolute Gasteiger partial charge is 0.378 e. The number of carbonyl (C=O) groups is 1. The molecule has 6 rings (SSSR count). The molecule has 33 heavy (non-hydrogen) atoms. The number of para-hydroxylation sites is 1. The van der Waals surface area contributed by atoms with Crippen LogP contribution < -0.4 is 21.4 Å². The van der Waals surface area contributed by atoms with Crippen molar-refractivity contribution in [1.29, 1.82) is 0 Å². The lowest BCUT2D eigenvalue weighted by Gasteiger charge is -2.27. The molecule has 172 valence electrons. The Morgan fingerprint density at radius 2 is 1.82 bits per heavy atom. The molecule has 1 aromatic carbocycles. The third-order valence-corrected chi connectivity index (χ3v) is 7.21. The van der Waals surface area contributed by atoms with Crippen molar-refractivity contribution in [2.24, 2.45) is 5.73 Å². The molecule has 4 aromatic rings. The van der Waals surface area contributed by atoms with Crippen molar-refractivity contribution in [1.82, 2.24) is 14.7 Å². The van der Waals surface area contributed by atoms with Gasteiger partial charge in [0.15, 0.2) is 5.65 Å². The summed E-state index contributed by atoms with van der Waals surface area (Å²) < 4.78 is 8.25. The first-order valence-electron chi connectivity index (χ1n) is 11.4. The van der Waals surface area contributed by atoms with Gasteiger partial charge in [0.05, 0.1) is 28.8 Å². The van der Waals surface area contributed by atoms with Crippen LogP contribution in [0, 0.1) is 0 Å². The average molecular weight is 466 g/mol. The topological polar surface area (TPSA) is 102 Å². The van der Waals surface area contributed by atoms with Crippen LogP contribution in [0.25, 0.3) is 26.1 Å². The molecule has 1 amide bonds. The summed E-state index contributed by atoms with van der Waals surface area (Å²) in [6.07, 6.45) is 4.22. The Morgan fingerprint density at radius 1 is 1.06 bits per heavy atom. The first-order chi connectivity index (χ1) is 16.1. The average Bonchev–Trinajstić information content (AvgIpc) is 3.25. The van der Waals surface area contributed by atoms with Crippen LogP contribution >= 0.6 is 11.3 Å². The van der Waals surface area contributed by atoms with Gasteiger partial charge in [0, 0.05) is 13.1 Å². The molecule has 0 aliphatic carbocycles. The lowest BCUT2D eigenvalue weighted by atomic mass is 10.1. The number of ether oxygens (including phenoxy) is 1. The Kier molecular flexibility index (Phi) is 6.26. The van der Waals surface area contributed by atoms with Crippen LogP contribution in [0.4, 0.5) is 5.82 Å². The molecule has 0 unspecified atom stereocenters. The number of thiazole rings is 1. The Bertz CT molecular complexity index is 1360. The summed E-state index contributed by atoms with van der Waals surface area (Å²) in [7, 11) is 0. The number of piperidine rings is 1. The number of nitrogens with two attached hydrogens (primary N) is 1. The quantitative estimate of drug-likeness (QED) is 0.472. The first-order valence-corrected chi connectivity index (χ1v) is 12.2. The maximum absolute atomic E-state index is 13.0. The van der Waals surface area contributed by atoms with Crippen LogP contribution in [0.5, 0.6) is 0 Å². The van der Waals surface area contributed by atoms with Gasteiger partial charge in [-0.1, -0.05) is 18.6 Å². The van der Waals surface area contributed by atoms with E-state index in [1.165, 1.54) is 43.7 Å². The number of pyridine rings is 2. The number of amides is 1. The van der Waals surface area contributed by atoms with Gasteiger partial charge in [-0.2, -0.15) is 0 Å². The number of aromatic nitrogens is 2. The highest BCUT2D eigenvalue weighted by molar-refractivity contribution is 7.24. The van der Waals surface area contributed by atoms with Crippen LogP contribution in [0.1, 0.15) is 29.6 Å². The minimum absolute atomic E-state index is 0.0182. The van der Waals surface area contributed by atoms with Gasteiger partial charge in [-0.15, -0.1) is 11.3 Å². The number of carbonyl (C=O) groups excluding carboxylic acids is 1. The fourth-order valence-electron chi connectivity index (χ4n) is 4.37. The Labute approximate surface area is 195 Å². The van der Waals surface area contributed by atoms with Gasteiger partial charge < -0.3 is 20.7 Å². The van der Waals surface area contributed by atoms with Gasteiger partial charge in [-0.05, 0) is 50.2 Å². The third-order valence-electron chi connectivity index (χ3n) is 6.06. The minimum Gasteiger partial charge on any atom is -0.378 e. The summed E-state index contributed by atoms with van der Waals surface area (Å²) in [5.74, 6) is 0.0734. The number of hydrogen-bond donors (Lipinski definition) is 2. The summed E-state index contributed by atoms with van der Waals surface area (Å²) in [5, 5.41) is 3.68. The van der Waals surface area contributed by atoms with Gasteiger partial charge in [0.1, 0.15) is 16.2 Å². The van der Waals surface area contributed by atoms with Crippen molar-refractivity contribution in [2.45, 2.75) is 19.3 Å². The van der Waals surface area contributed by atoms with Crippen molar-refractivity contribution < 1.29 is 9.53 Å². The van der Waals surface area contributed by atoms with Crippen LogP contribution in [0.15, 0.2) is 41.2 Å². The molecular formula is C24H27N5O3S. The highest BCUT2D eigenvalue weighted by Gasteiger charge is 2.22. The number of nitrogens with zero attached hydrogens (tertiary/aromatic N) is 3. The Hall–Kier alpha value is -3.01. The fraction of sp³-hybridized carbons (Fsp3) is 0.375. The van der Waals surface area contributed by atoms with E-state index in [-0.39, 0.29) is 11.0 Å². The van der Waals surface area contributed by atoms with Crippen LogP contribution in [0.3, 0.4) is 0 Å². The monoisotopic (exact) mass is 465 g/mol. The molecular weight excluding hydrogens is 438 g/mol.